The second kappa shape index (κ2) is 14.3. The van der Waals surface area contributed by atoms with Crippen molar-refractivity contribution in [2.24, 2.45) is 13.7 Å². The van der Waals surface area contributed by atoms with Crippen LogP contribution in [0.5, 0.6) is 5.75 Å². The summed E-state index contributed by atoms with van der Waals surface area (Å²) in [5, 5.41) is 20.0. The van der Waals surface area contributed by atoms with E-state index >= 15 is 0 Å². The van der Waals surface area contributed by atoms with E-state index in [4.69, 9.17) is 10.1 Å². The van der Waals surface area contributed by atoms with Crippen LogP contribution in [0.1, 0.15) is 24.0 Å². The molecule has 2 aliphatic heterocycles. The summed E-state index contributed by atoms with van der Waals surface area (Å²) in [6, 6.07) is 16.7. The Balaban J connectivity index is 1.42. The van der Waals surface area contributed by atoms with Gasteiger partial charge in [0.15, 0.2) is 0 Å². The van der Waals surface area contributed by atoms with Crippen LogP contribution in [0, 0.1) is 5.41 Å². The number of benzene rings is 2. The Morgan fingerprint density at radius 1 is 1.14 bits per heavy atom. The molecule has 0 atom stereocenters. The molecule has 2 aliphatic rings. The number of allylic oxidation sites excluding steroid dienone is 4. The van der Waals surface area contributed by atoms with E-state index in [-0.39, 0.29) is 20.7 Å². The molecular weight excluding hydrogens is 779 g/mol. The van der Waals surface area contributed by atoms with E-state index in [0.29, 0.717) is 6.61 Å². The second-order valence-electron chi connectivity index (χ2n) is 7.71. The average Bonchev–Trinajstić information content (AvgIpc) is 3.43. The molecular formula is C26H30I3N5O. The number of hydrogen-bond donors (Lipinski definition) is 2. The van der Waals surface area contributed by atoms with Crippen molar-refractivity contribution in [3.05, 3.63) is 81.5 Å². The summed E-state index contributed by atoms with van der Waals surface area (Å²) in [5.41, 5.74) is 3.47. The number of halogens is 3. The van der Waals surface area contributed by atoms with Gasteiger partial charge >= 0.3 is 234 Å². The predicted molar refractivity (Wildman–Crippen MR) is 176 cm³/mol. The quantitative estimate of drug-likeness (QED) is 0.122. The SMILES string of the molecule is CNc1cc(CI(CCC2=CC=CC=I2)C(=N)CCI2C=NN=N2)ccc1OCc1ccccc1. The molecule has 4 rings (SSSR count). The Morgan fingerprint density at radius 3 is 2.77 bits per heavy atom. The fourth-order valence-corrected chi connectivity index (χ4v) is 15.1. The molecule has 35 heavy (non-hydrogen) atoms. The molecule has 0 amide bonds. The van der Waals surface area contributed by atoms with E-state index < -0.39 is 39.9 Å². The van der Waals surface area contributed by atoms with Crippen molar-refractivity contribution in [2.45, 2.75) is 23.9 Å². The summed E-state index contributed by atoms with van der Waals surface area (Å²) in [7, 11) is 1.94. The van der Waals surface area contributed by atoms with Gasteiger partial charge in [0.2, 0.25) is 0 Å². The molecule has 2 heterocycles. The van der Waals surface area contributed by atoms with Gasteiger partial charge in [-0.05, 0) is 0 Å². The summed E-state index contributed by atoms with van der Waals surface area (Å²) < 4.78 is 20.4. The van der Waals surface area contributed by atoms with Gasteiger partial charge in [-0.1, -0.05) is 0 Å². The van der Waals surface area contributed by atoms with Crippen LogP contribution in [-0.2, 0) is 11.0 Å². The van der Waals surface area contributed by atoms with Gasteiger partial charge < -0.3 is 0 Å². The molecule has 0 bridgehead atoms. The average molecular weight is 809 g/mol. The van der Waals surface area contributed by atoms with Gasteiger partial charge in [0, 0.05) is 0 Å². The zero-order valence-corrected chi connectivity index (χ0v) is 26.1. The topological polar surface area (TPSA) is 82.2 Å². The van der Waals surface area contributed by atoms with Crippen LogP contribution in [0.25, 0.3) is 0 Å². The molecule has 186 valence electrons. The Kier molecular flexibility index (Phi) is 10.9. The van der Waals surface area contributed by atoms with Gasteiger partial charge in [0.25, 0.3) is 0 Å². The van der Waals surface area contributed by atoms with E-state index in [9.17, 15) is 0 Å². The van der Waals surface area contributed by atoms with Crippen molar-refractivity contribution in [3.63, 3.8) is 0 Å². The van der Waals surface area contributed by atoms with Gasteiger partial charge in [-0.2, -0.15) is 0 Å². The van der Waals surface area contributed by atoms with Crippen molar-refractivity contribution in [2.75, 3.05) is 21.2 Å². The summed E-state index contributed by atoms with van der Waals surface area (Å²) in [6.45, 7) is 0.549. The molecule has 0 saturated heterocycles. The van der Waals surface area contributed by atoms with Crippen molar-refractivity contribution in [1.29, 1.82) is 5.41 Å². The Hall–Kier alpha value is -1.48. The zero-order valence-electron chi connectivity index (χ0n) is 19.6. The molecule has 9 heteroatoms. The maximum absolute atomic E-state index is 8.98. The van der Waals surface area contributed by atoms with Crippen LogP contribution in [0.15, 0.2) is 84.0 Å². The first-order chi connectivity index (χ1) is 17.2. The standard InChI is InChI=1S/C26H30I3N5O/c1-31-24-17-22(10-11-25(24)35-19-21-7-3-2-4-8-21)18-28(15-12-23-9-5-6-14-27-23)26(30)13-16-29-20-32-34-33-29/h2-11,14,17,20,30-31H,12-13,15-16,18-19H2,1H3. The molecule has 0 saturated carbocycles. The third kappa shape index (κ3) is 8.55. The van der Waals surface area contributed by atoms with Crippen LogP contribution in [-0.4, -0.2) is 27.9 Å². The van der Waals surface area contributed by atoms with E-state index in [1.54, 1.807) is 3.58 Å². The van der Waals surface area contributed by atoms with Crippen molar-refractivity contribution in [1.82, 2.24) is 0 Å². The molecule has 0 aliphatic carbocycles. The van der Waals surface area contributed by atoms with E-state index in [1.807, 2.05) is 29.5 Å². The molecule has 0 aromatic heterocycles. The first kappa shape index (κ1) is 26.6. The second-order valence-corrected chi connectivity index (χ2v) is 20.4. The molecule has 0 unspecified atom stereocenters. The van der Waals surface area contributed by atoms with Crippen molar-refractivity contribution in [3.8, 4) is 5.75 Å². The van der Waals surface area contributed by atoms with Gasteiger partial charge in [0.05, 0.1) is 0 Å². The van der Waals surface area contributed by atoms with Crippen molar-refractivity contribution < 1.29 is 4.74 Å². The van der Waals surface area contributed by atoms with Crippen LogP contribution < -0.4 is 10.1 Å². The Labute approximate surface area is 232 Å². The maximum atomic E-state index is 8.98. The number of nitrogens with one attached hydrogen (secondary N) is 2. The number of hydrogen-bond acceptors (Lipinski definition) is 6. The fourth-order valence-electron chi connectivity index (χ4n) is 3.41. The zero-order chi connectivity index (χ0) is 24.3. The summed E-state index contributed by atoms with van der Waals surface area (Å²) in [4.78, 5) is 0. The molecule has 2 aromatic carbocycles. The summed E-state index contributed by atoms with van der Waals surface area (Å²) >= 11 is -3.17. The normalized spacial score (nSPS) is 15.5. The number of anilines is 1. The number of alkyl halides is 3. The van der Waals surface area contributed by atoms with E-state index in [1.165, 1.54) is 9.99 Å². The number of ether oxygens (including phenoxy) is 1. The molecule has 2 aromatic rings. The van der Waals surface area contributed by atoms with E-state index in [0.717, 1.165) is 42.4 Å². The third-order valence-corrected chi connectivity index (χ3v) is 17.0. The van der Waals surface area contributed by atoms with E-state index in [2.05, 4.69) is 71.5 Å². The first-order valence-corrected chi connectivity index (χ1v) is 21.5. The minimum absolute atomic E-state index is 0.0241. The number of rotatable bonds is 13. The molecule has 0 radical (unpaired) electrons. The van der Waals surface area contributed by atoms with Gasteiger partial charge in [-0.25, -0.2) is 0 Å². The summed E-state index contributed by atoms with van der Waals surface area (Å²) in [5.74, 6) is 0.868. The van der Waals surface area contributed by atoms with Crippen LogP contribution >= 0.6 is 60.6 Å². The monoisotopic (exact) mass is 809 g/mol. The molecule has 6 nitrogen and oxygen atoms in total. The van der Waals surface area contributed by atoms with Crippen molar-refractivity contribution >= 4 is 78.3 Å². The third-order valence-electron chi connectivity index (χ3n) is 5.26. The first-order valence-electron chi connectivity index (χ1n) is 11.3. The van der Waals surface area contributed by atoms with Gasteiger partial charge in [0.1, 0.15) is 0 Å². The Bertz CT molecular complexity index is 1150. The fraction of sp³-hybridized carbons (Fsp3) is 0.269. The molecule has 0 spiro atoms. The van der Waals surface area contributed by atoms with Crippen LogP contribution in [0.3, 0.4) is 0 Å². The molecule has 0 fully saturated rings. The van der Waals surface area contributed by atoms with Crippen LogP contribution in [0.4, 0.5) is 5.69 Å². The van der Waals surface area contributed by atoms with Gasteiger partial charge in [-0.3, -0.25) is 0 Å². The number of nitrogens with zero attached hydrogens (tertiary/aromatic N) is 3. The Morgan fingerprint density at radius 2 is 2.03 bits per heavy atom. The molecule has 2 N–H and O–H groups in total. The van der Waals surface area contributed by atoms with Gasteiger partial charge in [-0.15, -0.1) is 0 Å². The van der Waals surface area contributed by atoms with Crippen LogP contribution in [0.2, 0.25) is 0 Å². The predicted octanol–water partition coefficient (Wildman–Crippen LogP) is 8.13. The minimum atomic E-state index is -1.65. The summed E-state index contributed by atoms with van der Waals surface area (Å²) in [6.07, 6.45) is 8.62.